The maximum absolute atomic E-state index is 5.83. The smallest absolute Gasteiger partial charge is 0.135 e. The predicted molar refractivity (Wildman–Crippen MR) is 77.4 cm³/mol. The zero-order chi connectivity index (χ0) is 13.1. The lowest BCUT2D eigenvalue weighted by atomic mass is 10.1. The van der Waals surface area contributed by atoms with Gasteiger partial charge in [-0.05, 0) is 42.8 Å². The van der Waals surface area contributed by atoms with Crippen molar-refractivity contribution in [1.29, 1.82) is 0 Å². The summed E-state index contributed by atoms with van der Waals surface area (Å²) >= 11 is 0. The molecule has 1 aromatic heterocycles. The lowest BCUT2D eigenvalue weighted by Gasteiger charge is -2.04. The molecule has 2 aromatic carbocycles. The number of fused-ring (bicyclic) bond motifs is 1. The third-order valence-electron chi connectivity index (χ3n) is 3.04. The van der Waals surface area contributed by atoms with E-state index in [9.17, 15) is 0 Å². The fourth-order valence-electron chi connectivity index (χ4n) is 2.06. The Kier molecular flexibility index (Phi) is 3.23. The first-order valence-electron chi connectivity index (χ1n) is 6.58. The van der Waals surface area contributed by atoms with Gasteiger partial charge in [0.25, 0.3) is 0 Å². The summed E-state index contributed by atoms with van der Waals surface area (Å²) in [6, 6.07) is 18.1. The van der Waals surface area contributed by atoms with E-state index in [1.807, 2.05) is 42.5 Å². The van der Waals surface area contributed by atoms with E-state index in [1.165, 1.54) is 0 Å². The van der Waals surface area contributed by atoms with Crippen molar-refractivity contribution < 1.29 is 9.15 Å². The van der Waals surface area contributed by atoms with E-state index in [-0.39, 0.29) is 0 Å². The van der Waals surface area contributed by atoms with Crippen LogP contribution in [0, 0.1) is 0 Å². The number of ether oxygens (including phenoxy) is 1. The van der Waals surface area contributed by atoms with E-state index in [0.29, 0.717) is 0 Å². The molecule has 0 aliphatic carbocycles. The number of benzene rings is 2. The lowest BCUT2D eigenvalue weighted by molar-refractivity contribution is 0.317. The third-order valence-corrected chi connectivity index (χ3v) is 3.04. The molecule has 0 aliphatic rings. The van der Waals surface area contributed by atoms with Crippen molar-refractivity contribution in [3.05, 3.63) is 54.6 Å². The van der Waals surface area contributed by atoms with Gasteiger partial charge in [-0.15, -0.1) is 0 Å². The van der Waals surface area contributed by atoms with Gasteiger partial charge in [0.2, 0.25) is 0 Å². The molecule has 0 saturated carbocycles. The maximum atomic E-state index is 5.83. The molecule has 0 saturated heterocycles. The molecule has 0 fully saturated rings. The molecular weight excluding hydrogens is 236 g/mol. The first-order chi connectivity index (χ1) is 9.36. The second-order valence-corrected chi connectivity index (χ2v) is 4.52. The highest BCUT2D eigenvalue weighted by atomic mass is 16.5. The second kappa shape index (κ2) is 5.19. The molecule has 0 aliphatic heterocycles. The van der Waals surface area contributed by atoms with Crippen LogP contribution in [0.2, 0.25) is 0 Å². The molecule has 19 heavy (non-hydrogen) atoms. The van der Waals surface area contributed by atoms with Gasteiger partial charge in [0.1, 0.15) is 17.1 Å². The van der Waals surface area contributed by atoms with Crippen LogP contribution in [0.1, 0.15) is 13.3 Å². The highest BCUT2D eigenvalue weighted by molar-refractivity contribution is 5.82. The number of furan rings is 1. The number of hydrogen-bond acceptors (Lipinski definition) is 2. The molecule has 96 valence electrons. The van der Waals surface area contributed by atoms with E-state index in [0.717, 1.165) is 41.1 Å². The first kappa shape index (κ1) is 11.8. The quantitative estimate of drug-likeness (QED) is 0.659. The molecular formula is C17H16O2. The van der Waals surface area contributed by atoms with Crippen molar-refractivity contribution >= 4 is 11.0 Å². The Morgan fingerprint density at radius 1 is 1.00 bits per heavy atom. The molecule has 2 heteroatoms. The summed E-state index contributed by atoms with van der Waals surface area (Å²) in [5.41, 5.74) is 1.99. The largest absolute Gasteiger partial charge is 0.494 e. The molecule has 0 radical (unpaired) electrons. The lowest BCUT2D eigenvalue weighted by Crippen LogP contribution is -1.94. The van der Waals surface area contributed by atoms with Gasteiger partial charge in [0, 0.05) is 10.9 Å². The Morgan fingerprint density at radius 3 is 2.53 bits per heavy atom. The van der Waals surface area contributed by atoms with Gasteiger partial charge in [-0.3, -0.25) is 0 Å². The number of rotatable bonds is 4. The van der Waals surface area contributed by atoms with Crippen molar-refractivity contribution in [3.8, 4) is 17.1 Å². The van der Waals surface area contributed by atoms with Crippen LogP contribution in [0.15, 0.2) is 59.0 Å². The summed E-state index contributed by atoms with van der Waals surface area (Å²) < 4.78 is 11.4. The molecule has 0 spiro atoms. The third kappa shape index (κ3) is 2.48. The molecule has 1 heterocycles. The SMILES string of the molecule is CCCOc1ccc(-c2cc3ccccc3o2)cc1. The number of para-hydroxylation sites is 1. The van der Waals surface area contributed by atoms with Gasteiger partial charge in [0.15, 0.2) is 0 Å². The summed E-state index contributed by atoms with van der Waals surface area (Å²) in [6.45, 7) is 2.85. The molecule has 0 unspecified atom stereocenters. The van der Waals surface area contributed by atoms with Crippen LogP contribution in [0.25, 0.3) is 22.3 Å². The minimum Gasteiger partial charge on any atom is -0.494 e. The van der Waals surface area contributed by atoms with Gasteiger partial charge in [-0.25, -0.2) is 0 Å². The minimum absolute atomic E-state index is 0.754. The Labute approximate surface area is 112 Å². The molecule has 3 aromatic rings. The van der Waals surface area contributed by atoms with Crippen molar-refractivity contribution in [2.75, 3.05) is 6.61 Å². The first-order valence-corrected chi connectivity index (χ1v) is 6.58. The van der Waals surface area contributed by atoms with Crippen LogP contribution < -0.4 is 4.74 Å². The van der Waals surface area contributed by atoms with Crippen molar-refractivity contribution in [1.82, 2.24) is 0 Å². The van der Waals surface area contributed by atoms with Crippen LogP contribution >= 0.6 is 0 Å². The van der Waals surface area contributed by atoms with Crippen molar-refractivity contribution in [2.24, 2.45) is 0 Å². The molecule has 0 atom stereocenters. The zero-order valence-corrected chi connectivity index (χ0v) is 10.9. The average molecular weight is 252 g/mol. The van der Waals surface area contributed by atoms with E-state index in [2.05, 4.69) is 19.1 Å². The van der Waals surface area contributed by atoms with E-state index in [1.54, 1.807) is 0 Å². The molecule has 3 rings (SSSR count). The van der Waals surface area contributed by atoms with Gasteiger partial charge in [-0.1, -0.05) is 25.1 Å². The van der Waals surface area contributed by atoms with Crippen LogP contribution in [0.3, 0.4) is 0 Å². The summed E-state index contributed by atoms with van der Waals surface area (Å²) in [4.78, 5) is 0. The Morgan fingerprint density at radius 2 is 1.79 bits per heavy atom. The number of hydrogen-bond donors (Lipinski definition) is 0. The molecule has 0 amide bonds. The minimum atomic E-state index is 0.754. The van der Waals surface area contributed by atoms with Crippen LogP contribution in [-0.4, -0.2) is 6.61 Å². The molecule has 0 bridgehead atoms. The molecule has 0 N–H and O–H groups in total. The average Bonchev–Trinajstić information content (AvgIpc) is 2.89. The standard InChI is InChI=1S/C17H16O2/c1-2-11-18-15-9-7-13(8-10-15)17-12-14-5-3-4-6-16(14)19-17/h3-10,12H,2,11H2,1H3. The monoisotopic (exact) mass is 252 g/mol. The fraction of sp³-hybridized carbons (Fsp3) is 0.176. The van der Waals surface area contributed by atoms with Gasteiger partial charge >= 0.3 is 0 Å². The summed E-state index contributed by atoms with van der Waals surface area (Å²) in [6.07, 6.45) is 1.02. The van der Waals surface area contributed by atoms with E-state index < -0.39 is 0 Å². The van der Waals surface area contributed by atoms with Crippen molar-refractivity contribution in [3.63, 3.8) is 0 Å². The summed E-state index contributed by atoms with van der Waals surface area (Å²) in [5, 5.41) is 1.13. The second-order valence-electron chi connectivity index (χ2n) is 4.52. The van der Waals surface area contributed by atoms with E-state index in [4.69, 9.17) is 9.15 Å². The highest BCUT2D eigenvalue weighted by Gasteiger charge is 2.05. The van der Waals surface area contributed by atoms with Crippen LogP contribution in [0.5, 0.6) is 5.75 Å². The van der Waals surface area contributed by atoms with Crippen LogP contribution in [0.4, 0.5) is 0 Å². The molecule has 2 nitrogen and oxygen atoms in total. The van der Waals surface area contributed by atoms with Gasteiger partial charge < -0.3 is 9.15 Å². The zero-order valence-electron chi connectivity index (χ0n) is 10.9. The Balaban J connectivity index is 1.88. The van der Waals surface area contributed by atoms with E-state index >= 15 is 0 Å². The maximum Gasteiger partial charge on any atom is 0.135 e. The van der Waals surface area contributed by atoms with Crippen molar-refractivity contribution in [2.45, 2.75) is 13.3 Å². The Bertz CT molecular complexity index is 632. The topological polar surface area (TPSA) is 22.4 Å². The summed E-state index contributed by atoms with van der Waals surface area (Å²) in [7, 11) is 0. The normalized spacial score (nSPS) is 10.8. The van der Waals surface area contributed by atoms with Gasteiger partial charge in [0.05, 0.1) is 6.61 Å². The summed E-state index contributed by atoms with van der Waals surface area (Å²) in [5.74, 6) is 1.80. The van der Waals surface area contributed by atoms with Crippen LogP contribution in [-0.2, 0) is 0 Å². The predicted octanol–water partition coefficient (Wildman–Crippen LogP) is 4.89. The Hall–Kier alpha value is -2.22. The highest BCUT2D eigenvalue weighted by Crippen LogP contribution is 2.28. The fourth-order valence-corrected chi connectivity index (χ4v) is 2.06. The van der Waals surface area contributed by atoms with Gasteiger partial charge in [-0.2, -0.15) is 0 Å².